The van der Waals surface area contributed by atoms with Gasteiger partial charge < -0.3 is 24.4 Å². The molecule has 1 amide bonds. The summed E-state index contributed by atoms with van der Waals surface area (Å²) in [5.74, 6) is 1.10. The highest BCUT2D eigenvalue weighted by atomic mass is 19.1. The molecule has 182 valence electrons. The van der Waals surface area contributed by atoms with E-state index in [-0.39, 0.29) is 32.4 Å². The van der Waals surface area contributed by atoms with Crippen LogP contribution < -0.4 is 15.5 Å². The van der Waals surface area contributed by atoms with E-state index in [1.54, 1.807) is 35.3 Å². The summed E-state index contributed by atoms with van der Waals surface area (Å²) >= 11 is 0. The van der Waals surface area contributed by atoms with E-state index in [1.165, 1.54) is 0 Å². The molecule has 0 radical (unpaired) electrons. The Morgan fingerprint density at radius 1 is 1.21 bits per heavy atom. The van der Waals surface area contributed by atoms with Crippen molar-refractivity contribution in [3.8, 4) is 17.1 Å². The Bertz CT molecular complexity index is 1170. The molecule has 2 atom stereocenters. The zero-order valence-electron chi connectivity index (χ0n) is 19.0. The standard InChI is InChI=1S/C25H29FN4O4.H2/c26-17-8-9-21-20(15-17)24(28-23(27-21)19-6-1-2-7-22(19)31)29-10-12-30(13-11-29)25(32)34-16-18-5-3-4-14-33-18;/h1-2,6-7,9,15,17-18,31H,3-5,8,10-14,16H2;1H. The van der Waals surface area contributed by atoms with Gasteiger partial charge >= 0.3 is 6.09 Å². The van der Waals surface area contributed by atoms with Crippen molar-refractivity contribution < 1.29 is 25.2 Å². The van der Waals surface area contributed by atoms with Gasteiger partial charge in [0.2, 0.25) is 0 Å². The topological polar surface area (TPSA) is 88.0 Å². The lowest BCUT2D eigenvalue weighted by atomic mass is 10.1. The Hall–Kier alpha value is -3.20. The molecule has 5 rings (SSSR count). The summed E-state index contributed by atoms with van der Waals surface area (Å²) in [6.07, 6.45) is 5.22. The lowest BCUT2D eigenvalue weighted by Crippen LogP contribution is -2.52. The van der Waals surface area contributed by atoms with Gasteiger partial charge in [0.1, 0.15) is 24.3 Å². The molecule has 3 aliphatic rings. The molecule has 0 spiro atoms. The van der Waals surface area contributed by atoms with Crippen molar-refractivity contribution >= 4 is 24.1 Å². The van der Waals surface area contributed by atoms with Gasteiger partial charge in [0.25, 0.3) is 0 Å². The van der Waals surface area contributed by atoms with Crippen molar-refractivity contribution in [1.82, 2.24) is 14.9 Å². The van der Waals surface area contributed by atoms with E-state index in [2.05, 4.69) is 4.98 Å². The number of hydrogen-bond donors (Lipinski definition) is 1. The fourth-order valence-corrected chi connectivity index (χ4v) is 4.58. The summed E-state index contributed by atoms with van der Waals surface area (Å²) in [7, 11) is 0. The second-order valence-corrected chi connectivity index (χ2v) is 8.85. The number of alkyl halides is 1. The number of carbonyl (C=O) groups excluding carboxylic acids is 1. The minimum atomic E-state index is -1.09. The molecule has 8 nitrogen and oxygen atoms in total. The molecule has 2 fully saturated rings. The number of carbonyl (C=O) groups is 1. The van der Waals surface area contributed by atoms with E-state index in [0.29, 0.717) is 54.0 Å². The quantitative estimate of drug-likeness (QED) is 0.733. The zero-order chi connectivity index (χ0) is 23.5. The number of benzene rings is 1. The second kappa shape index (κ2) is 9.97. The number of para-hydroxylation sites is 1. The number of aromatic hydroxyl groups is 1. The number of amides is 1. The van der Waals surface area contributed by atoms with Crippen molar-refractivity contribution in [2.75, 3.05) is 44.3 Å². The Balaban J connectivity index is 0.00000289. The van der Waals surface area contributed by atoms with Gasteiger partial charge in [-0.1, -0.05) is 18.2 Å². The third-order valence-corrected chi connectivity index (χ3v) is 6.49. The Morgan fingerprint density at radius 2 is 2.03 bits per heavy atom. The number of halogens is 1. The number of hydrogen-bond acceptors (Lipinski definition) is 7. The molecule has 9 heteroatoms. The zero-order valence-corrected chi connectivity index (χ0v) is 19.0. The van der Waals surface area contributed by atoms with E-state index in [0.717, 1.165) is 25.9 Å². The smallest absolute Gasteiger partial charge is 0.409 e. The number of phenolic OH excluding ortho intramolecular Hbond substituents is 1. The van der Waals surface area contributed by atoms with Gasteiger partial charge in [-0.15, -0.1) is 0 Å². The van der Waals surface area contributed by atoms with Crippen LogP contribution in [0.5, 0.6) is 5.75 Å². The molecule has 0 saturated carbocycles. The van der Waals surface area contributed by atoms with E-state index in [9.17, 15) is 14.3 Å². The number of rotatable bonds is 4. The summed E-state index contributed by atoms with van der Waals surface area (Å²) in [6.45, 7) is 3.01. The normalized spacial score (nSPS) is 22.4. The molecule has 1 aromatic heterocycles. The van der Waals surface area contributed by atoms with Crippen LogP contribution in [0.15, 0.2) is 24.3 Å². The number of aromatic nitrogens is 2. The van der Waals surface area contributed by atoms with Gasteiger partial charge in [0.15, 0.2) is 5.82 Å². The van der Waals surface area contributed by atoms with Crippen LogP contribution in [-0.4, -0.2) is 77.7 Å². The van der Waals surface area contributed by atoms with Crippen molar-refractivity contribution in [2.24, 2.45) is 0 Å². The first-order valence-corrected chi connectivity index (χ1v) is 11.9. The average Bonchev–Trinajstić information content (AvgIpc) is 2.88. The molecule has 1 N–H and O–H groups in total. The highest BCUT2D eigenvalue weighted by Crippen LogP contribution is 2.26. The van der Waals surface area contributed by atoms with Gasteiger partial charge in [-0.25, -0.2) is 19.2 Å². The summed E-state index contributed by atoms with van der Waals surface area (Å²) in [5.41, 5.74) is 0.523. The molecule has 2 aliphatic heterocycles. The van der Waals surface area contributed by atoms with Gasteiger partial charge in [-0.05, 0) is 37.5 Å². The fraction of sp³-hybridized carbons (Fsp3) is 0.480. The number of piperazine rings is 1. The first-order chi connectivity index (χ1) is 16.6. The highest BCUT2D eigenvalue weighted by Gasteiger charge is 2.26. The third kappa shape index (κ3) is 4.84. The molecule has 3 heterocycles. The summed E-state index contributed by atoms with van der Waals surface area (Å²) in [4.78, 5) is 25.6. The van der Waals surface area contributed by atoms with Crippen molar-refractivity contribution in [3.63, 3.8) is 0 Å². The lowest BCUT2D eigenvalue weighted by Gasteiger charge is -2.35. The Kier molecular flexibility index (Phi) is 6.62. The second-order valence-electron chi connectivity index (χ2n) is 8.85. The van der Waals surface area contributed by atoms with Gasteiger partial charge in [0, 0.05) is 45.9 Å². The van der Waals surface area contributed by atoms with Crippen LogP contribution in [0.3, 0.4) is 0 Å². The molecule has 2 unspecified atom stereocenters. The summed E-state index contributed by atoms with van der Waals surface area (Å²) < 4.78 is 25.3. The SMILES string of the molecule is O=C(OCC1CCCCO1)N1CCN(c2nc(-c3ccccc3O)nc3c2=CC(F)CC=3)CC1.[HH]. The fourth-order valence-electron chi connectivity index (χ4n) is 4.58. The van der Waals surface area contributed by atoms with E-state index >= 15 is 0 Å². The number of ether oxygens (including phenoxy) is 2. The number of fused-ring (bicyclic) bond motifs is 1. The molecule has 2 saturated heterocycles. The maximum atomic E-state index is 14.2. The van der Waals surface area contributed by atoms with E-state index in [4.69, 9.17) is 14.5 Å². The molecule has 34 heavy (non-hydrogen) atoms. The third-order valence-electron chi connectivity index (χ3n) is 6.49. The maximum Gasteiger partial charge on any atom is 0.409 e. The lowest BCUT2D eigenvalue weighted by molar-refractivity contribution is -0.0281. The minimum absolute atomic E-state index is 0. The average molecular weight is 471 g/mol. The number of nitrogens with zero attached hydrogens (tertiary/aromatic N) is 4. The first kappa shape index (κ1) is 22.6. The van der Waals surface area contributed by atoms with Gasteiger partial charge in [-0.2, -0.15) is 0 Å². The molecular formula is C25H31FN4O4. The first-order valence-electron chi connectivity index (χ1n) is 11.9. The van der Waals surface area contributed by atoms with Gasteiger partial charge in [-0.3, -0.25) is 0 Å². The van der Waals surface area contributed by atoms with E-state index in [1.807, 2.05) is 11.0 Å². The van der Waals surface area contributed by atoms with Crippen LogP contribution in [0, 0.1) is 0 Å². The summed E-state index contributed by atoms with van der Waals surface area (Å²) in [5, 5.41) is 11.6. The Morgan fingerprint density at radius 3 is 2.79 bits per heavy atom. The van der Waals surface area contributed by atoms with Crippen molar-refractivity contribution in [2.45, 2.75) is 38.0 Å². The van der Waals surface area contributed by atoms with Crippen molar-refractivity contribution in [3.05, 3.63) is 34.8 Å². The molecule has 1 aromatic carbocycles. The molecule has 0 bridgehead atoms. The Labute approximate surface area is 198 Å². The highest BCUT2D eigenvalue weighted by molar-refractivity contribution is 5.69. The monoisotopic (exact) mass is 470 g/mol. The predicted molar refractivity (Wildman–Crippen MR) is 128 cm³/mol. The molecule has 2 aromatic rings. The van der Waals surface area contributed by atoms with Crippen LogP contribution >= 0.6 is 0 Å². The largest absolute Gasteiger partial charge is 0.507 e. The number of anilines is 1. The minimum Gasteiger partial charge on any atom is -0.507 e. The van der Waals surface area contributed by atoms with Crippen molar-refractivity contribution in [1.29, 1.82) is 0 Å². The summed E-state index contributed by atoms with van der Waals surface area (Å²) in [6, 6.07) is 6.90. The number of phenols is 1. The van der Waals surface area contributed by atoms with Crippen LogP contribution in [0.2, 0.25) is 0 Å². The van der Waals surface area contributed by atoms with Gasteiger partial charge in [0.05, 0.1) is 17.0 Å². The van der Waals surface area contributed by atoms with Crippen LogP contribution in [0.25, 0.3) is 23.5 Å². The maximum absolute atomic E-state index is 14.2. The van der Waals surface area contributed by atoms with Crippen LogP contribution in [0.1, 0.15) is 27.1 Å². The molecular weight excluding hydrogens is 439 g/mol. The van der Waals surface area contributed by atoms with Crippen LogP contribution in [-0.2, 0) is 9.47 Å². The van der Waals surface area contributed by atoms with Crippen LogP contribution in [0.4, 0.5) is 15.0 Å². The molecule has 1 aliphatic carbocycles. The van der Waals surface area contributed by atoms with E-state index < -0.39 is 6.17 Å². The predicted octanol–water partition coefficient (Wildman–Crippen LogP) is 2.23.